The first-order chi connectivity index (χ1) is 9.29. The van der Waals surface area contributed by atoms with E-state index in [1.807, 2.05) is 4.72 Å². The fourth-order valence-corrected chi connectivity index (χ4v) is 2.54. The largest absolute Gasteiger partial charge is 0.399 e. The quantitative estimate of drug-likeness (QED) is 0.856. The minimum atomic E-state index is -4.24. The van der Waals surface area contributed by atoms with Gasteiger partial charge in [-0.3, -0.25) is 4.72 Å². The maximum Gasteiger partial charge on any atom is 0.262 e. The van der Waals surface area contributed by atoms with Gasteiger partial charge in [0, 0.05) is 5.69 Å². The number of nitrogens with two attached hydrogens (primary N) is 1. The summed E-state index contributed by atoms with van der Waals surface area (Å²) in [5.74, 6) is -3.34. The normalized spacial score (nSPS) is 11.3. The molecule has 0 spiro atoms. The summed E-state index contributed by atoms with van der Waals surface area (Å²) in [5.41, 5.74) is 5.19. The Balaban J connectivity index is 2.40. The van der Waals surface area contributed by atoms with Crippen LogP contribution in [0.4, 0.5) is 24.5 Å². The Morgan fingerprint density at radius 2 is 1.55 bits per heavy atom. The summed E-state index contributed by atoms with van der Waals surface area (Å²) in [4.78, 5) is -0.529. The Kier molecular flexibility index (Phi) is 3.58. The van der Waals surface area contributed by atoms with Crippen molar-refractivity contribution >= 4 is 21.4 Å². The molecule has 0 aliphatic rings. The van der Waals surface area contributed by atoms with Gasteiger partial charge in [-0.2, -0.15) is 0 Å². The van der Waals surface area contributed by atoms with Crippen molar-refractivity contribution < 1.29 is 21.6 Å². The molecule has 0 fully saturated rings. The molecule has 0 unspecified atom stereocenters. The van der Waals surface area contributed by atoms with E-state index < -0.39 is 32.4 Å². The van der Waals surface area contributed by atoms with Crippen LogP contribution in [0, 0.1) is 17.5 Å². The number of rotatable bonds is 3. The van der Waals surface area contributed by atoms with Gasteiger partial charge < -0.3 is 5.73 Å². The third-order valence-electron chi connectivity index (χ3n) is 2.44. The third kappa shape index (κ3) is 2.85. The summed E-state index contributed by atoms with van der Waals surface area (Å²) in [6.07, 6.45) is 0. The molecular weight excluding hydrogens is 293 g/mol. The first kappa shape index (κ1) is 14.2. The Bertz CT molecular complexity index is 763. The second-order valence-electron chi connectivity index (χ2n) is 3.92. The molecule has 0 heterocycles. The Labute approximate surface area is 113 Å². The average molecular weight is 302 g/mol. The van der Waals surface area contributed by atoms with E-state index in [9.17, 15) is 21.6 Å². The van der Waals surface area contributed by atoms with E-state index in [2.05, 4.69) is 0 Å². The second kappa shape index (κ2) is 5.04. The van der Waals surface area contributed by atoms with Gasteiger partial charge in [0.2, 0.25) is 0 Å². The predicted octanol–water partition coefficient (Wildman–Crippen LogP) is 2.49. The van der Waals surface area contributed by atoms with Gasteiger partial charge in [-0.05, 0) is 36.4 Å². The van der Waals surface area contributed by atoms with Crippen LogP contribution in [-0.2, 0) is 10.0 Å². The van der Waals surface area contributed by atoms with Gasteiger partial charge in [0.05, 0.1) is 10.6 Å². The van der Waals surface area contributed by atoms with Gasteiger partial charge in [0.25, 0.3) is 10.0 Å². The summed E-state index contributed by atoms with van der Waals surface area (Å²) in [6.45, 7) is 0. The van der Waals surface area contributed by atoms with Crippen LogP contribution in [0.15, 0.2) is 41.3 Å². The predicted molar refractivity (Wildman–Crippen MR) is 68.0 cm³/mol. The number of hydrogen-bond donors (Lipinski definition) is 2. The van der Waals surface area contributed by atoms with Gasteiger partial charge in [-0.15, -0.1) is 0 Å². The Morgan fingerprint density at radius 1 is 0.900 bits per heavy atom. The molecule has 2 aromatic carbocycles. The van der Waals surface area contributed by atoms with Gasteiger partial charge >= 0.3 is 0 Å². The molecule has 0 aliphatic carbocycles. The van der Waals surface area contributed by atoms with Crippen molar-refractivity contribution in [1.82, 2.24) is 0 Å². The van der Waals surface area contributed by atoms with Crippen molar-refractivity contribution in [2.75, 3.05) is 10.5 Å². The van der Waals surface area contributed by atoms with Crippen LogP contribution in [0.1, 0.15) is 0 Å². The smallest absolute Gasteiger partial charge is 0.262 e. The molecule has 0 saturated heterocycles. The highest BCUT2D eigenvalue weighted by molar-refractivity contribution is 7.92. The first-order valence-corrected chi connectivity index (χ1v) is 6.81. The highest BCUT2D eigenvalue weighted by Crippen LogP contribution is 2.22. The minimum Gasteiger partial charge on any atom is -0.399 e. The number of nitrogen functional groups attached to an aromatic ring is 1. The summed E-state index contributed by atoms with van der Waals surface area (Å²) in [5, 5.41) is 0. The number of nitrogens with one attached hydrogen (secondary N) is 1. The molecule has 3 N–H and O–H groups in total. The fraction of sp³-hybridized carbons (Fsp3) is 0. The monoisotopic (exact) mass is 302 g/mol. The molecule has 2 aromatic rings. The van der Waals surface area contributed by atoms with E-state index in [-0.39, 0.29) is 11.4 Å². The van der Waals surface area contributed by atoms with E-state index in [1.54, 1.807) is 0 Å². The van der Waals surface area contributed by atoms with Gasteiger partial charge in [-0.25, -0.2) is 21.6 Å². The zero-order valence-corrected chi connectivity index (χ0v) is 10.7. The molecule has 0 aliphatic heterocycles. The van der Waals surface area contributed by atoms with Crippen molar-refractivity contribution in [2.45, 2.75) is 4.90 Å². The lowest BCUT2D eigenvalue weighted by Gasteiger charge is -2.09. The Morgan fingerprint density at radius 3 is 2.20 bits per heavy atom. The van der Waals surface area contributed by atoms with Crippen LogP contribution >= 0.6 is 0 Å². The highest BCUT2D eigenvalue weighted by Gasteiger charge is 2.18. The summed E-state index contributed by atoms with van der Waals surface area (Å²) >= 11 is 0. The number of benzene rings is 2. The maximum absolute atomic E-state index is 13.4. The first-order valence-electron chi connectivity index (χ1n) is 5.32. The molecule has 20 heavy (non-hydrogen) atoms. The fourth-order valence-electron chi connectivity index (χ4n) is 1.47. The number of halogens is 3. The third-order valence-corrected chi connectivity index (χ3v) is 3.80. The molecular formula is C12H9F3N2O2S. The van der Waals surface area contributed by atoms with Crippen molar-refractivity contribution in [2.24, 2.45) is 0 Å². The van der Waals surface area contributed by atoms with Crippen molar-refractivity contribution in [1.29, 1.82) is 0 Å². The molecule has 0 atom stereocenters. The zero-order chi connectivity index (χ0) is 14.9. The summed E-state index contributed by atoms with van der Waals surface area (Å²) < 4.78 is 65.0. The minimum absolute atomic E-state index is 0.148. The molecule has 0 saturated carbocycles. The second-order valence-corrected chi connectivity index (χ2v) is 5.60. The van der Waals surface area contributed by atoms with Gasteiger partial charge in [-0.1, -0.05) is 0 Å². The van der Waals surface area contributed by atoms with E-state index in [0.717, 1.165) is 18.2 Å². The standard InChI is InChI=1S/C12H9F3N2O2S/c13-9-4-2-8(6-11(9)15)20(18,19)17-12-5-7(16)1-3-10(12)14/h1-6,17H,16H2. The molecule has 106 valence electrons. The zero-order valence-electron chi connectivity index (χ0n) is 9.90. The van der Waals surface area contributed by atoms with Crippen molar-refractivity contribution in [3.8, 4) is 0 Å². The van der Waals surface area contributed by atoms with Crippen molar-refractivity contribution in [3.05, 3.63) is 53.8 Å². The lowest BCUT2D eigenvalue weighted by atomic mass is 10.3. The average Bonchev–Trinajstić information content (AvgIpc) is 2.36. The molecule has 2 rings (SSSR count). The lowest BCUT2D eigenvalue weighted by molar-refractivity contribution is 0.504. The van der Waals surface area contributed by atoms with Crippen LogP contribution in [0.2, 0.25) is 0 Å². The van der Waals surface area contributed by atoms with E-state index in [0.29, 0.717) is 12.1 Å². The summed E-state index contributed by atoms with van der Waals surface area (Å²) in [7, 11) is -4.24. The number of hydrogen-bond acceptors (Lipinski definition) is 3. The topological polar surface area (TPSA) is 72.2 Å². The number of anilines is 2. The van der Waals surface area contributed by atoms with Crippen LogP contribution in [-0.4, -0.2) is 8.42 Å². The molecule has 8 heteroatoms. The summed E-state index contributed by atoms with van der Waals surface area (Å²) in [6, 6.07) is 5.35. The van der Waals surface area contributed by atoms with Gasteiger partial charge in [0.1, 0.15) is 5.82 Å². The van der Waals surface area contributed by atoms with E-state index in [1.165, 1.54) is 6.07 Å². The lowest BCUT2D eigenvalue weighted by Crippen LogP contribution is -2.14. The van der Waals surface area contributed by atoms with Crippen LogP contribution in [0.5, 0.6) is 0 Å². The molecule has 0 aromatic heterocycles. The van der Waals surface area contributed by atoms with Crippen LogP contribution in [0.25, 0.3) is 0 Å². The molecule has 4 nitrogen and oxygen atoms in total. The van der Waals surface area contributed by atoms with Crippen LogP contribution < -0.4 is 10.5 Å². The highest BCUT2D eigenvalue weighted by atomic mass is 32.2. The van der Waals surface area contributed by atoms with E-state index >= 15 is 0 Å². The van der Waals surface area contributed by atoms with Crippen molar-refractivity contribution in [3.63, 3.8) is 0 Å². The van der Waals surface area contributed by atoms with Crippen LogP contribution in [0.3, 0.4) is 0 Å². The SMILES string of the molecule is Nc1ccc(F)c(NS(=O)(=O)c2ccc(F)c(F)c2)c1. The number of sulfonamides is 1. The maximum atomic E-state index is 13.4. The Hall–Kier alpha value is -2.22. The molecule has 0 radical (unpaired) electrons. The molecule has 0 bridgehead atoms. The molecule has 0 amide bonds. The van der Waals surface area contributed by atoms with Gasteiger partial charge in [0.15, 0.2) is 11.6 Å². The van der Waals surface area contributed by atoms with E-state index in [4.69, 9.17) is 5.73 Å².